The van der Waals surface area contributed by atoms with Crippen molar-refractivity contribution in [2.24, 2.45) is 0 Å². The van der Waals surface area contributed by atoms with Gasteiger partial charge >= 0.3 is 0 Å². The van der Waals surface area contributed by atoms with Gasteiger partial charge < -0.3 is 5.11 Å². The Labute approximate surface area is 125 Å². The predicted octanol–water partition coefficient (Wildman–Crippen LogP) is 3.07. The molecular weight excluding hydrogens is 278 g/mol. The van der Waals surface area contributed by atoms with Crippen molar-refractivity contribution in [3.05, 3.63) is 60.2 Å². The highest BCUT2D eigenvalue weighted by Crippen LogP contribution is 2.26. The Kier molecular flexibility index (Phi) is 2.66. The first-order valence-corrected chi connectivity index (χ1v) is 6.79. The topological polar surface area (TPSA) is 67.5 Å². The quantitative estimate of drug-likeness (QED) is 0.576. The molecule has 0 radical (unpaired) electrons. The molecule has 2 aromatic carbocycles. The SMILES string of the molecule is O=Cc1cc2ccccc2n2c(-c3ccc(O)cc3)nnc12. The fraction of sp³-hybridized carbons (Fsp3) is 0. The van der Waals surface area contributed by atoms with Crippen LogP contribution in [0.4, 0.5) is 0 Å². The number of fused-ring (bicyclic) bond motifs is 3. The molecule has 0 atom stereocenters. The summed E-state index contributed by atoms with van der Waals surface area (Å²) in [7, 11) is 0. The number of phenols is 1. The third kappa shape index (κ3) is 1.76. The molecule has 0 aliphatic rings. The highest BCUT2D eigenvalue weighted by atomic mass is 16.3. The third-order valence-corrected chi connectivity index (χ3v) is 3.66. The lowest BCUT2D eigenvalue weighted by molar-refractivity contribution is 0.112. The Bertz CT molecular complexity index is 1000. The van der Waals surface area contributed by atoms with Crippen molar-refractivity contribution in [1.29, 1.82) is 0 Å². The van der Waals surface area contributed by atoms with E-state index in [4.69, 9.17) is 0 Å². The Hall–Kier alpha value is -3.21. The second-order valence-corrected chi connectivity index (χ2v) is 5.01. The maximum absolute atomic E-state index is 11.3. The van der Waals surface area contributed by atoms with Crippen molar-refractivity contribution < 1.29 is 9.90 Å². The number of phenolic OH excluding ortho intramolecular Hbond substituents is 1. The molecule has 0 unspecified atom stereocenters. The number of rotatable bonds is 2. The fourth-order valence-electron chi connectivity index (χ4n) is 2.63. The van der Waals surface area contributed by atoms with Crippen LogP contribution in [0.25, 0.3) is 27.9 Å². The lowest BCUT2D eigenvalue weighted by atomic mass is 10.1. The standard InChI is InChI=1S/C17H11N3O2/c21-10-13-9-12-3-1-2-4-15(12)20-16(18-19-17(13)20)11-5-7-14(22)8-6-11/h1-10,22H. The van der Waals surface area contributed by atoms with Gasteiger partial charge in [0.25, 0.3) is 0 Å². The fourth-order valence-corrected chi connectivity index (χ4v) is 2.63. The number of aldehydes is 1. The highest BCUT2D eigenvalue weighted by molar-refractivity contribution is 5.94. The van der Waals surface area contributed by atoms with Gasteiger partial charge in [0.2, 0.25) is 0 Å². The smallest absolute Gasteiger partial charge is 0.172 e. The van der Waals surface area contributed by atoms with E-state index in [-0.39, 0.29) is 5.75 Å². The Balaban J connectivity index is 2.14. The van der Waals surface area contributed by atoms with E-state index < -0.39 is 0 Å². The van der Waals surface area contributed by atoms with Crippen LogP contribution in [0.3, 0.4) is 0 Å². The number of hydrogen-bond donors (Lipinski definition) is 1. The van der Waals surface area contributed by atoms with Gasteiger partial charge in [-0.1, -0.05) is 18.2 Å². The number of pyridine rings is 1. The Morgan fingerprint density at radius 2 is 1.77 bits per heavy atom. The molecule has 0 amide bonds. The van der Waals surface area contributed by atoms with Gasteiger partial charge in [-0.25, -0.2) is 0 Å². The van der Waals surface area contributed by atoms with Crippen LogP contribution in [0, 0.1) is 0 Å². The van der Waals surface area contributed by atoms with Crippen molar-refractivity contribution in [1.82, 2.24) is 14.6 Å². The summed E-state index contributed by atoms with van der Waals surface area (Å²) in [6.07, 6.45) is 0.789. The van der Waals surface area contributed by atoms with Crippen molar-refractivity contribution in [2.45, 2.75) is 0 Å². The van der Waals surface area contributed by atoms with E-state index in [1.54, 1.807) is 24.3 Å². The first-order valence-electron chi connectivity index (χ1n) is 6.79. The molecule has 2 heterocycles. The molecule has 0 saturated carbocycles. The monoisotopic (exact) mass is 289 g/mol. The predicted molar refractivity (Wildman–Crippen MR) is 83.0 cm³/mol. The van der Waals surface area contributed by atoms with E-state index in [9.17, 15) is 9.90 Å². The van der Waals surface area contributed by atoms with Crippen molar-refractivity contribution >= 4 is 22.8 Å². The van der Waals surface area contributed by atoms with Gasteiger partial charge in [0.15, 0.2) is 17.8 Å². The summed E-state index contributed by atoms with van der Waals surface area (Å²) in [5.74, 6) is 0.825. The summed E-state index contributed by atoms with van der Waals surface area (Å²) < 4.78 is 1.87. The number of hydrogen-bond acceptors (Lipinski definition) is 4. The van der Waals surface area contributed by atoms with Gasteiger partial charge in [0.1, 0.15) is 5.75 Å². The summed E-state index contributed by atoms with van der Waals surface area (Å²) in [5.41, 5.74) is 2.77. The summed E-state index contributed by atoms with van der Waals surface area (Å²) in [4.78, 5) is 11.3. The minimum absolute atomic E-state index is 0.191. The van der Waals surface area contributed by atoms with Gasteiger partial charge in [0.05, 0.1) is 11.1 Å². The first kappa shape index (κ1) is 12.5. The second kappa shape index (κ2) is 4.66. The summed E-state index contributed by atoms with van der Waals surface area (Å²) in [6, 6.07) is 16.3. The molecule has 2 aromatic heterocycles. The number of carbonyl (C=O) groups is 1. The average Bonchev–Trinajstić information content (AvgIpc) is 3.00. The normalized spacial score (nSPS) is 11.1. The van der Waals surface area contributed by atoms with Crippen LogP contribution in [0.15, 0.2) is 54.6 Å². The van der Waals surface area contributed by atoms with Gasteiger partial charge in [-0.15, -0.1) is 10.2 Å². The molecule has 106 valence electrons. The van der Waals surface area contributed by atoms with E-state index >= 15 is 0 Å². The Morgan fingerprint density at radius 1 is 1.00 bits per heavy atom. The zero-order valence-corrected chi connectivity index (χ0v) is 11.5. The van der Waals surface area contributed by atoms with Gasteiger partial charge in [-0.05, 0) is 41.8 Å². The number of aromatic nitrogens is 3. The molecule has 5 nitrogen and oxygen atoms in total. The van der Waals surface area contributed by atoms with Crippen LogP contribution in [-0.2, 0) is 0 Å². The highest BCUT2D eigenvalue weighted by Gasteiger charge is 2.14. The summed E-state index contributed by atoms with van der Waals surface area (Å²) in [6.45, 7) is 0. The van der Waals surface area contributed by atoms with E-state index in [0.29, 0.717) is 17.0 Å². The van der Waals surface area contributed by atoms with Gasteiger partial charge in [-0.2, -0.15) is 0 Å². The van der Waals surface area contributed by atoms with E-state index in [0.717, 1.165) is 22.8 Å². The van der Waals surface area contributed by atoms with Gasteiger partial charge in [-0.3, -0.25) is 9.20 Å². The molecule has 0 aliphatic heterocycles. The van der Waals surface area contributed by atoms with Crippen molar-refractivity contribution in [3.63, 3.8) is 0 Å². The zero-order valence-electron chi connectivity index (χ0n) is 11.5. The van der Waals surface area contributed by atoms with Crippen LogP contribution >= 0.6 is 0 Å². The zero-order chi connectivity index (χ0) is 15.1. The molecule has 4 aromatic rings. The van der Waals surface area contributed by atoms with Gasteiger partial charge in [0, 0.05) is 5.56 Å². The molecule has 0 bridgehead atoms. The second-order valence-electron chi connectivity index (χ2n) is 5.01. The van der Waals surface area contributed by atoms with Crippen LogP contribution in [0.2, 0.25) is 0 Å². The molecule has 5 heteroatoms. The molecular formula is C17H11N3O2. The lowest BCUT2D eigenvalue weighted by Crippen LogP contribution is -1.96. The maximum Gasteiger partial charge on any atom is 0.172 e. The molecule has 0 spiro atoms. The number of nitrogens with zero attached hydrogens (tertiary/aromatic N) is 3. The van der Waals surface area contributed by atoms with E-state index in [2.05, 4.69) is 10.2 Å². The molecule has 0 saturated heterocycles. The van der Waals surface area contributed by atoms with E-state index in [1.807, 2.05) is 34.7 Å². The number of para-hydroxylation sites is 1. The first-order chi connectivity index (χ1) is 10.8. The van der Waals surface area contributed by atoms with Crippen LogP contribution in [0.1, 0.15) is 10.4 Å². The summed E-state index contributed by atoms with van der Waals surface area (Å²) in [5, 5.41) is 18.8. The van der Waals surface area contributed by atoms with Crippen LogP contribution in [-0.4, -0.2) is 26.0 Å². The number of carbonyl (C=O) groups excluding carboxylic acids is 1. The average molecular weight is 289 g/mol. The maximum atomic E-state index is 11.3. The van der Waals surface area contributed by atoms with E-state index in [1.165, 1.54) is 0 Å². The lowest BCUT2D eigenvalue weighted by Gasteiger charge is -2.06. The molecule has 4 rings (SSSR count). The minimum Gasteiger partial charge on any atom is -0.508 e. The van der Waals surface area contributed by atoms with Crippen LogP contribution in [0.5, 0.6) is 5.75 Å². The molecule has 0 aliphatic carbocycles. The molecule has 1 N–H and O–H groups in total. The third-order valence-electron chi connectivity index (χ3n) is 3.66. The van der Waals surface area contributed by atoms with Crippen molar-refractivity contribution in [3.8, 4) is 17.1 Å². The number of benzene rings is 2. The van der Waals surface area contributed by atoms with Crippen LogP contribution < -0.4 is 0 Å². The minimum atomic E-state index is 0.191. The van der Waals surface area contributed by atoms with Crippen molar-refractivity contribution in [2.75, 3.05) is 0 Å². The summed E-state index contributed by atoms with van der Waals surface area (Å²) >= 11 is 0. The largest absolute Gasteiger partial charge is 0.508 e. The molecule has 0 fully saturated rings. The Morgan fingerprint density at radius 3 is 2.55 bits per heavy atom. The molecule has 22 heavy (non-hydrogen) atoms. The number of aromatic hydroxyl groups is 1.